The summed E-state index contributed by atoms with van der Waals surface area (Å²) >= 11 is 6.31. The molecule has 1 fully saturated rings. The lowest BCUT2D eigenvalue weighted by Crippen LogP contribution is -2.33. The van der Waals surface area contributed by atoms with Crippen molar-refractivity contribution in [2.24, 2.45) is 0 Å². The molecule has 0 amide bonds. The summed E-state index contributed by atoms with van der Waals surface area (Å²) in [4.78, 5) is 4.40. The van der Waals surface area contributed by atoms with Crippen LogP contribution in [-0.4, -0.2) is 23.0 Å². The van der Waals surface area contributed by atoms with Gasteiger partial charge in [-0.05, 0) is 25.8 Å². The number of nitrogens with one attached hydrogen (secondary N) is 1. The molecule has 1 aliphatic carbocycles. The van der Waals surface area contributed by atoms with E-state index in [4.69, 9.17) is 16.3 Å². The first-order valence-electron chi connectivity index (χ1n) is 6.30. The molecule has 1 heterocycles. The number of alkyl halides is 1. The van der Waals surface area contributed by atoms with E-state index in [0.29, 0.717) is 18.5 Å². The molecule has 1 saturated carbocycles. The Morgan fingerprint density at radius 2 is 2.24 bits per heavy atom. The second kappa shape index (κ2) is 6.10. The molecule has 0 saturated heterocycles. The summed E-state index contributed by atoms with van der Waals surface area (Å²) in [5.41, 5.74) is 0. The fourth-order valence-electron chi connectivity index (χ4n) is 2.16. The van der Waals surface area contributed by atoms with Gasteiger partial charge in [-0.25, -0.2) is 0 Å². The SMILES string of the molecule is CCOc1cccc(NC2CCCCC2Cl)n1. The monoisotopic (exact) mass is 254 g/mol. The van der Waals surface area contributed by atoms with Crippen LogP contribution in [0.3, 0.4) is 0 Å². The van der Waals surface area contributed by atoms with Gasteiger partial charge < -0.3 is 10.1 Å². The number of nitrogens with zero attached hydrogens (tertiary/aromatic N) is 1. The number of pyridine rings is 1. The van der Waals surface area contributed by atoms with Gasteiger partial charge in [-0.1, -0.05) is 18.9 Å². The van der Waals surface area contributed by atoms with Gasteiger partial charge in [-0.2, -0.15) is 4.98 Å². The van der Waals surface area contributed by atoms with Crippen molar-refractivity contribution in [3.8, 4) is 5.88 Å². The first-order chi connectivity index (χ1) is 8.29. The van der Waals surface area contributed by atoms with Crippen LogP contribution in [0.25, 0.3) is 0 Å². The Bertz CT molecular complexity index is 359. The number of rotatable bonds is 4. The average Bonchev–Trinajstić information content (AvgIpc) is 2.33. The number of halogens is 1. The molecule has 1 N–H and O–H groups in total. The Balaban J connectivity index is 1.99. The highest BCUT2D eigenvalue weighted by molar-refractivity contribution is 6.21. The molecule has 1 aromatic rings. The van der Waals surface area contributed by atoms with Crippen molar-refractivity contribution < 1.29 is 4.74 Å². The maximum absolute atomic E-state index is 6.31. The number of anilines is 1. The molecule has 0 radical (unpaired) electrons. The van der Waals surface area contributed by atoms with Gasteiger partial charge in [0.25, 0.3) is 0 Å². The molecular formula is C13H19ClN2O. The van der Waals surface area contributed by atoms with Gasteiger partial charge in [0.15, 0.2) is 0 Å². The Morgan fingerprint density at radius 3 is 3.00 bits per heavy atom. The highest BCUT2D eigenvalue weighted by Crippen LogP contribution is 2.26. The van der Waals surface area contributed by atoms with E-state index in [1.807, 2.05) is 25.1 Å². The van der Waals surface area contributed by atoms with Crippen molar-refractivity contribution >= 4 is 17.4 Å². The number of aromatic nitrogens is 1. The second-order valence-electron chi connectivity index (χ2n) is 4.35. The Morgan fingerprint density at radius 1 is 1.41 bits per heavy atom. The second-order valence-corrected chi connectivity index (χ2v) is 4.91. The molecule has 2 atom stereocenters. The van der Waals surface area contributed by atoms with Crippen LogP contribution in [0.2, 0.25) is 0 Å². The van der Waals surface area contributed by atoms with E-state index in [9.17, 15) is 0 Å². The van der Waals surface area contributed by atoms with Gasteiger partial charge in [0.1, 0.15) is 5.82 Å². The van der Waals surface area contributed by atoms with E-state index in [0.717, 1.165) is 18.7 Å². The first-order valence-corrected chi connectivity index (χ1v) is 6.73. The molecule has 0 spiro atoms. The molecule has 0 aromatic carbocycles. The van der Waals surface area contributed by atoms with Gasteiger partial charge >= 0.3 is 0 Å². The van der Waals surface area contributed by atoms with Crippen molar-refractivity contribution in [1.29, 1.82) is 0 Å². The smallest absolute Gasteiger partial charge is 0.215 e. The zero-order chi connectivity index (χ0) is 12.1. The standard InChI is InChI=1S/C13H19ClN2O/c1-2-17-13-9-5-8-12(16-13)15-11-7-4-3-6-10(11)14/h5,8-11H,2-4,6-7H2,1H3,(H,15,16). The van der Waals surface area contributed by atoms with Crippen LogP contribution in [0.1, 0.15) is 32.6 Å². The first kappa shape index (κ1) is 12.5. The van der Waals surface area contributed by atoms with E-state index in [2.05, 4.69) is 10.3 Å². The van der Waals surface area contributed by atoms with Crippen molar-refractivity contribution in [3.05, 3.63) is 18.2 Å². The zero-order valence-corrected chi connectivity index (χ0v) is 10.9. The van der Waals surface area contributed by atoms with Crippen molar-refractivity contribution in [3.63, 3.8) is 0 Å². The summed E-state index contributed by atoms with van der Waals surface area (Å²) in [6.45, 7) is 2.59. The fraction of sp³-hybridized carbons (Fsp3) is 0.615. The van der Waals surface area contributed by atoms with Gasteiger partial charge in [-0.15, -0.1) is 11.6 Å². The summed E-state index contributed by atoms with van der Waals surface area (Å²) in [5, 5.41) is 3.62. The van der Waals surface area contributed by atoms with Gasteiger partial charge in [0, 0.05) is 12.1 Å². The molecule has 2 rings (SSSR count). The van der Waals surface area contributed by atoms with Crippen LogP contribution >= 0.6 is 11.6 Å². The predicted octanol–water partition coefficient (Wildman–Crippen LogP) is 3.44. The number of hydrogen-bond acceptors (Lipinski definition) is 3. The van der Waals surface area contributed by atoms with Crippen LogP contribution in [0.5, 0.6) is 5.88 Å². The average molecular weight is 255 g/mol. The molecule has 94 valence electrons. The maximum Gasteiger partial charge on any atom is 0.215 e. The third kappa shape index (κ3) is 3.50. The van der Waals surface area contributed by atoms with Crippen LogP contribution in [0.15, 0.2) is 18.2 Å². The summed E-state index contributed by atoms with van der Waals surface area (Å²) in [5.74, 6) is 1.52. The van der Waals surface area contributed by atoms with Gasteiger partial charge in [0.2, 0.25) is 5.88 Å². The van der Waals surface area contributed by atoms with Crippen molar-refractivity contribution in [2.45, 2.75) is 44.0 Å². The normalized spacial score (nSPS) is 24.4. The summed E-state index contributed by atoms with van der Waals surface area (Å²) in [6.07, 6.45) is 4.68. The quantitative estimate of drug-likeness (QED) is 0.836. The van der Waals surface area contributed by atoms with E-state index in [1.165, 1.54) is 12.8 Å². The summed E-state index contributed by atoms with van der Waals surface area (Å²) in [6, 6.07) is 6.11. The van der Waals surface area contributed by atoms with E-state index in [1.54, 1.807) is 0 Å². The van der Waals surface area contributed by atoms with Crippen molar-refractivity contribution in [2.75, 3.05) is 11.9 Å². The molecule has 3 nitrogen and oxygen atoms in total. The molecular weight excluding hydrogens is 236 g/mol. The molecule has 2 unspecified atom stereocenters. The Kier molecular flexibility index (Phi) is 4.49. The number of ether oxygens (including phenoxy) is 1. The highest BCUT2D eigenvalue weighted by Gasteiger charge is 2.23. The highest BCUT2D eigenvalue weighted by atomic mass is 35.5. The fourth-order valence-corrected chi connectivity index (χ4v) is 2.50. The van der Waals surface area contributed by atoms with Gasteiger partial charge in [-0.3, -0.25) is 0 Å². The lowest BCUT2D eigenvalue weighted by molar-refractivity contribution is 0.327. The molecule has 0 aliphatic heterocycles. The summed E-state index contributed by atoms with van der Waals surface area (Å²) < 4.78 is 5.38. The van der Waals surface area contributed by atoms with Crippen LogP contribution < -0.4 is 10.1 Å². The van der Waals surface area contributed by atoms with Gasteiger partial charge in [0.05, 0.1) is 12.0 Å². The minimum Gasteiger partial charge on any atom is -0.478 e. The lowest BCUT2D eigenvalue weighted by atomic mass is 9.95. The maximum atomic E-state index is 6.31. The van der Waals surface area contributed by atoms with E-state index in [-0.39, 0.29) is 5.38 Å². The molecule has 4 heteroatoms. The molecule has 17 heavy (non-hydrogen) atoms. The summed E-state index contributed by atoms with van der Waals surface area (Å²) in [7, 11) is 0. The Labute approximate surface area is 108 Å². The van der Waals surface area contributed by atoms with Crippen LogP contribution in [0.4, 0.5) is 5.82 Å². The lowest BCUT2D eigenvalue weighted by Gasteiger charge is -2.28. The minimum atomic E-state index is 0.210. The largest absolute Gasteiger partial charge is 0.478 e. The Hall–Kier alpha value is -0.960. The third-order valence-electron chi connectivity index (χ3n) is 3.03. The zero-order valence-electron chi connectivity index (χ0n) is 10.2. The van der Waals surface area contributed by atoms with E-state index < -0.39 is 0 Å². The van der Waals surface area contributed by atoms with E-state index >= 15 is 0 Å². The number of hydrogen-bond donors (Lipinski definition) is 1. The predicted molar refractivity (Wildman–Crippen MR) is 70.9 cm³/mol. The third-order valence-corrected chi connectivity index (χ3v) is 3.55. The van der Waals surface area contributed by atoms with Crippen molar-refractivity contribution in [1.82, 2.24) is 4.98 Å². The molecule has 1 aliphatic rings. The molecule has 0 bridgehead atoms. The molecule has 1 aromatic heterocycles. The van der Waals surface area contributed by atoms with Crippen LogP contribution in [-0.2, 0) is 0 Å². The van der Waals surface area contributed by atoms with Crippen LogP contribution in [0, 0.1) is 0 Å². The minimum absolute atomic E-state index is 0.210. The topological polar surface area (TPSA) is 34.1 Å².